The molecule has 0 radical (unpaired) electrons. The van der Waals surface area contributed by atoms with Crippen LogP contribution in [0.4, 0.5) is 5.69 Å². The van der Waals surface area contributed by atoms with Crippen molar-refractivity contribution in [3.05, 3.63) is 54.1 Å². The van der Waals surface area contributed by atoms with Crippen LogP contribution in [-0.2, 0) is 16.0 Å². The zero-order valence-electron chi connectivity index (χ0n) is 15.6. The maximum Gasteiger partial charge on any atom is 0.257 e. The van der Waals surface area contributed by atoms with Crippen molar-refractivity contribution in [2.45, 2.75) is 6.42 Å². The lowest BCUT2D eigenvalue weighted by atomic mass is 10.1. The van der Waals surface area contributed by atoms with E-state index in [2.05, 4.69) is 34.5 Å². The van der Waals surface area contributed by atoms with E-state index in [1.165, 1.54) is 11.3 Å². The smallest absolute Gasteiger partial charge is 0.257 e. The Hall–Kier alpha value is -2.73. The summed E-state index contributed by atoms with van der Waals surface area (Å²) in [5.41, 5.74) is 2.41. The number of hydrogen-bond acceptors (Lipinski definition) is 5. The number of methoxy groups -OCH3 is 1. The van der Waals surface area contributed by atoms with Crippen LogP contribution in [0.5, 0.6) is 11.5 Å². The molecule has 0 aromatic heterocycles. The summed E-state index contributed by atoms with van der Waals surface area (Å²) in [7, 11) is 1.58. The number of amides is 1. The topological polar surface area (TPSA) is 60.0 Å². The molecule has 6 heteroatoms. The fraction of sp³-hybridized carbons (Fsp3) is 0.381. The minimum Gasteiger partial charge on any atom is -0.493 e. The highest BCUT2D eigenvalue weighted by molar-refractivity contribution is 5.77. The van der Waals surface area contributed by atoms with Crippen molar-refractivity contribution >= 4 is 11.6 Å². The Kier molecular flexibility index (Phi) is 6.93. The van der Waals surface area contributed by atoms with Gasteiger partial charge in [0.05, 0.1) is 20.3 Å². The van der Waals surface area contributed by atoms with Gasteiger partial charge in [0.1, 0.15) is 0 Å². The standard InChI is InChI=1S/C21H26N2O4/c1-25-19-4-2-3-5-20(19)27-16-21(24)22-11-10-17-6-8-18(9-7-17)23-12-14-26-15-13-23/h2-9H,10-16H2,1H3,(H,22,24). The van der Waals surface area contributed by atoms with Gasteiger partial charge in [-0.05, 0) is 36.2 Å². The van der Waals surface area contributed by atoms with Gasteiger partial charge in [0.2, 0.25) is 0 Å². The lowest BCUT2D eigenvalue weighted by molar-refractivity contribution is -0.123. The number of morpholine rings is 1. The Morgan fingerprint density at radius 3 is 2.48 bits per heavy atom. The fourth-order valence-electron chi connectivity index (χ4n) is 2.97. The number of para-hydroxylation sites is 2. The average molecular weight is 370 g/mol. The Morgan fingerprint density at radius 1 is 1.07 bits per heavy atom. The van der Waals surface area contributed by atoms with Crippen LogP contribution in [0.2, 0.25) is 0 Å². The van der Waals surface area contributed by atoms with Gasteiger partial charge in [-0.1, -0.05) is 24.3 Å². The second-order valence-electron chi connectivity index (χ2n) is 6.31. The Bertz CT molecular complexity index is 727. The van der Waals surface area contributed by atoms with Gasteiger partial charge >= 0.3 is 0 Å². The molecule has 3 rings (SSSR count). The second-order valence-corrected chi connectivity index (χ2v) is 6.31. The first-order chi connectivity index (χ1) is 13.3. The zero-order valence-corrected chi connectivity index (χ0v) is 15.6. The minimum atomic E-state index is -0.147. The summed E-state index contributed by atoms with van der Waals surface area (Å²) in [6.45, 7) is 3.97. The van der Waals surface area contributed by atoms with Gasteiger partial charge in [0.15, 0.2) is 18.1 Å². The van der Waals surface area contributed by atoms with Gasteiger partial charge in [0.25, 0.3) is 5.91 Å². The predicted molar refractivity (Wildman–Crippen MR) is 105 cm³/mol. The highest BCUT2D eigenvalue weighted by atomic mass is 16.5. The van der Waals surface area contributed by atoms with E-state index < -0.39 is 0 Å². The SMILES string of the molecule is COc1ccccc1OCC(=O)NCCc1ccc(N2CCOCC2)cc1. The molecular formula is C21H26N2O4. The van der Waals surface area contributed by atoms with Gasteiger partial charge in [-0.2, -0.15) is 0 Å². The Balaban J connectivity index is 1.39. The third-order valence-corrected chi connectivity index (χ3v) is 4.48. The first-order valence-electron chi connectivity index (χ1n) is 9.20. The third-order valence-electron chi connectivity index (χ3n) is 4.48. The molecule has 1 amide bonds. The number of carbonyl (C=O) groups is 1. The van der Waals surface area contributed by atoms with E-state index in [0.29, 0.717) is 18.0 Å². The highest BCUT2D eigenvalue weighted by Crippen LogP contribution is 2.25. The largest absolute Gasteiger partial charge is 0.493 e. The number of hydrogen-bond donors (Lipinski definition) is 1. The lowest BCUT2D eigenvalue weighted by Gasteiger charge is -2.28. The van der Waals surface area contributed by atoms with Crippen LogP contribution in [0.1, 0.15) is 5.56 Å². The molecule has 1 aliphatic heterocycles. The monoisotopic (exact) mass is 370 g/mol. The second kappa shape index (κ2) is 9.83. The molecule has 0 atom stereocenters. The Morgan fingerprint density at radius 2 is 1.78 bits per heavy atom. The minimum absolute atomic E-state index is 0.0314. The molecule has 27 heavy (non-hydrogen) atoms. The van der Waals surface area contributed by atoms with Gasteiger partial charge in [-0.3, -0.25) is 4.79 Å². The van der Waals surface area contributed by atoms with E-state index in [0.717, 1.165) is 32.7 Å². The first kappa shape index (κ1) is 19.0. The molecule has 0 unspecified atom stereocenters. The van der Waals surface area contributed by atoms with Crippen molar-refractivity contribution in [1.82, 2.24) is 5.32 Å². The van der Waals surface area contributed by atoms with Gasteiger partial charge in [0, 0.05) is 25.3 Å². The van der Waals surface area contributed by atoms with Crippen molar-refractivity contribution in [2.24, 2.45) is 0 Å². The molecule has 6 nitrogen and oxygen atoms in total. The summed E-state index contributed by atoms with van der Waals surface area (Å²) in [4.78, 5) is 14.3. The normalized spacial score (nSPS) is 13.9. The zero-order chi connectivity index (χ0) is 18.9. The first-order valence-corrected chi connectivity index (χ1v) is 9.20. The van der Waals surface area contributed by atoms with Crippen molar-refractivity contribution in [3.63, 3.8) is 0 Å². The number of nitrogens with one attached hydrogen (secondary N) is 1. The van der Waals surface area contributed by atoms with Crippen LogP contribution in [-0.4, -0.2) is 52.5 Å². The summed E-state index contributed by atoms with van der Waals surface area (Å²) < 4.78 is 16.1. The number of carbonyl (C=O) groups excluding carboxylic acids is 1. The average Bonchev–Trinajstić information content (AvgIpc) is 2.73. The van der Waals surface area contributed by atoms with Gasteiger partial charge in [-0.25, -0.2) is 0 Å². The predicted octanol–water partition coefficient (Wildman–Crippen LogP) is 2.27. The highest BCUT2D eigenvalue weighted by Gasteiger charge is 2.11. The maximum atomic E-state index is 12.0. The molecule has 1 fully saturated rings. The van der Waals surface area contributed by atoms with E-state index in [1.54, 1.807) is 19.2 Å². The molecule has 0 aliphatic carbocycles. The number of ether oxygens (including phenoxy) is 3. The molecule has 0 bridgehead atoms. The van der Waals surface area contributed by atoms with Crippen LogP contribution < -0.4 is 19.7 Å². The molecule has 1 saturated heterocycles. The van der Waals surface area contributed by atoms with Crippen LogP contribution in [0.25, 0.3) is 0 Å². The number of anilines is 1. The van der Waals surface area contributed by atoms with E-state index in [1.807, 2.05) is 12.1 Å². The van der Waals surface area contributed by atoms with Crippen LogP contribution in [0.15, 0.2) is 48.5 Å². The summed E-state index contributed by atoms with van der Waals surface area (Å²) in [5.74, 6) is 1.03. The molecule has 1 heterocycles. The number of benzene rings is 2. The molecule has 144 valence electrons. The van der Waals surface area contributed by atoms with E-state index in [4.69, 9.17) is 14.2 Å². The summed E-state index contributed by atoms with van der Waals surface area (Å²) in [6, 6.07) is 15.8. The summed E-state index contributed by atoms with van der Waals surface area (Å²) >= 11 is 0. The van der Waals surface area contributed by atoms with Crippen molar-refractivity contribution in [3.8, 4) is 11.5 Å². The van der Waals surface area contributed by atoms with Gasteiger partial charge in [-0.15, -0.1) is 0 Å². The summed E-state index contributed by atoms with van der Waals surface area (Å²) in [5, 5.41) is 2.89. The molecule has 2 aromatic rings. The maximum absolute atomic E-state index is 12.0. The van der Waals surface area contributed by atoms with E-state index in [-0.39, 0.29) is 12.5 Å². The van der Waals surface area contributed by atoms with Crippen molar-refractivity contribution in [1.29, 1.82) is 0 Å². The van der Waals surface area contributed by atoms with Crippen molar-refractivity contribution in [2.75, 3.05) is 51.5 Å². The lowest BCUT2D eigenvalue weighted by Crippen LogP contribution is -2.36. The van der Waals surface area contributed by atoms with Crippen LogP contribution >= 0.6 is 0 Å². The molecular weight excluding hydrogens is 344 g/mol. The molecule has 1 N–H and O–H groups in total. The van der Waals surface area contributed by atoms with Gasteiger partial charge < -0.3 is 24.4 Å². The molecule has 0 spiro atoms. The summed E-state index contributed by atoms with van der Waals surface area (Å²) in [6.07, 6.45) is 0.782. The third kappa shape index (κ3) is 5.62. The van der Waals surface area contributed by atoms with Crippen LogP contribution in [0, 0.1) is 0 Å². The molecule has 0 saturated carbocycles. The number of rotatable bonds is 8. The van der Waals surface area contributed by atoms with Crippen LogP contribution in [0.3, 0.4) is 0 Å². The molecule has 1 aliphatic rings. The number of nitrogens with zero attached hydrogens (tertiary/aromatic N) is 1. The quantitative estimate of drug-likeness (QED) is 0.772. The molecule has 2 aromatic carbocycles. The van der Waals surface area contributed by atoms with E-state index >= 15 is 0 Å². The van der Waals surface area contributed by atoms with E-state index in [9.17, 15) is 4.79 Å². The Labute approximate surface area is 160 Å². The van der Waals surface area contributed by atoms with Crippen molar-refractivity contribution < 1.29 is 19.0 Å². The fourth-order valence-corrected chi connectivity index (χ4v) is 2.97.